The minimum absolute atomic E-state index is 0.693. The standard InChI is InChI=1S/C13H24N2/c1-4-7-15-9-12(11-5-6-11)14-8-13(15)10(2)3/h4,10-14H,1,5-9H2,2-3H3. The summed E-state index contributed by atoms with van der Waals surface area (Å²) in [6.07, 6.45) is 4.92. The van der Waals surface area contributed by atoms with Gasteiger partial charge in [-0.25, -0.2) is 0 Å². The Morgan fingerprint density at radius 3 is 2.73 bits per heavy atom. The Morgan fingerprint density at radius 2 is 2.20 bits per heavy atom. The van der Waals surface area contributed by atoms with Crippen molar-refractivity contribution in [2.24, 2.45) is 11.8 Å². The van der Waals surface area contributed by atoms with E-state index in [4.69, 9.17) is 0 Å². The molecule has 1 aliphatic carbocycles. The third kappa shape index (κ3) is 2.61. The van der Waals surface area contributed by atoms with Crippen LogP contribution in [-0.4, -0.2) is 36.6 Å². The molecule has 0 aromatic rings. The van der Waals surface area contributed by atoms with Gasteiger partial charge in [0, 0.05) is 31.7 Å². The fourth-order valence-corrected chi connectivity index (χ4v) is 2.70. The molecule has 2 atom stereocenters. The van der Waals surface area contributed by atoms with Gasteiger partial charge in [0.2, 0.25) is 0 Å². The minimum atomic E-state index is 0.693. The van der Waals surface area contributed by atoms with Gasteiger partial charge in [0.05, 0.1) is 0 Å². The lowest BCUT2D eigenvalue weighted by Gasteiger charge is -2.42. The molecule has 2 heteroatoms. The van der Waals surface area contributed by atoms with Crippen molar-refractivity contribution >= 4 is 0 Å². The van der Waals surface area contributed by atoms with Crippen molar-refractivity contribution in [2.45, 2.75) is 38.8 Å². The van der Waals surface area contributed by atoms with E-state index in [1.807, 2.05) is 6.08 Å². The van der Waals surface area contributed by atoms with Crippen LogP contribution >= 0.6 is 0 Å². The SMILES string of the molecule is C=CCN1CC(C2CC2)NCC1C(C)C. The first-order valence-corrected chi connectivity index (χ1v) is 6.30. The molecule has 1 saturated carbocycles. The lowest BCUT2D eigenvalue weighted by molar-refractivity contribution is 0.105. The molecule has 2 unspecified atom stereocenters. The molecule has 0 spiro atoms. The topological polar surface area (TPSA) is 15.3 Å². The van der Waals surface area contributed by atoms with Crippen LogP contribution in [-0.2, 0) is 0 Å². The fraction of sp³-hybridized carbons (Fsp3) is 0.846. The third-order valence-electron chi connectivity index (χ3n) is 3.81. The molecule has 2 fully saturated rings. The molecule has 0 aromatic heterocycles. The van der Waals surface area contributed by atoms with Gasteiger partial charge >= 0.3 is 0 Å². The summed E-state index contributed by atoms with van der Waals surface area (Å²) in [7, 11) is 0. The van der Waals surface area contributed by atoms with Gasteiger partial charge in [0.1, 0.15) is 0 Å². The van der Waals surface area contributed by atoms with Crippen molar-refractivity contribution in [3.05, 3.63) is 12.7 Å². The maximum absolute atomic E-state index is 3.87. The van der Waals surface area contributed by atoms with E-state index in [9.17, 15) is 0 Å². The second-order valence-electron chi connectivity index (χ2n) is 5.41. The van der Waals surface area contributed by atoms with Crippen LogP contribution in [0.4, 0.5) is 0 Å². The maximum Gasteiger partial charge on any atom is 0.0247 e. The van der Waals surface area contributed by atoms with Crippen molar-refractivity contribution in [1.82, 2.24) is 10.2 Å². The molecule has 1 N–H and O–H groups in total. The predicted octanol–water partition coefficient (Wildman–Crippen LogP) is 1.88. The van der Waals surface area contributed by atoms with Crippen molar-refractivity contribution in [2.75, 3.05) is 19.6 Å². The summed E-state index contributed by atoms with van der Waals surface area (Å²) in [6.45, 7) is 11.9. The van der Waals surface area contributed by atoms with E-state index in [1.54, 1.807) is 0 Å². The molecule has 0 aromatic carbocycles. The second kappa shape index (κ2) is 4.67. The summed E-state index contributed by atoms with van der Waals surface area (Å²) in [6, 6.07) is 1.44. The molecule has 86 valence electrons. The Morgan fingerprint density at radius 1 is 1.47 bits per heavy atom. The number of hydrogen-bond acceptors (Lipinski definition) is 2. The van der Waals surface area contributed by atoms with Gasteiger partial charge in [-0.05, 0) is 24.7 Å². The zero-order valence-corrected chi connectivity index (χ0v) is 10.1. The summed E-state index contributed by atoms with van der Waals surface area (Å²) in [5.74, 6) is 1.70. The molecule has 0 amide bonds. The highest BCUT2D eigenvalue weighted by atomic mass is 15.2. The van der Waals surface area contributed by atoms with Crippen LogP contribution in [0.1, 0.15) is 26.7 Å². The quantitative estimate of drug-likeness (QED) is 0.710. The Bertz CT molecular complexity index is 221. The predicted molar refractivity (Wildman–Crippen MR) is 64.9 cm³/mol. The molecule has 0 radical (unpaired) electrons. The van der Waals surface area contributed by atoms with E-state index in [2.05, 4.69) is 30.6 Å². The van der Waals surface area contributed by atoms with Gasteiger partial charge in [-0.3, -0.25) is 4.90 Å². The van der Waals surface area contributed by atoms with Gasteiger partial charge in [-0.2, -0.15) is 0 Å². The normalized spacial score (nSPS) is 33.3. The zero-order valence-electron chi connectivity index (χ0n) is 10.1. The van der Waals surface area contributed by atoms with Crippen LogP contribution in [0.25, 0.3) is 0 Å². The van der Waals surface area contributed by atoms with Gasteiger partial charge < -0.3 is 5.32 Å². The molecule has 1 saturated heterocycles. The van der Waals surface area contributed by atoms with Crippen molar-refractivity contribution < 1.29 is 0 Å². The molecular weight excluding hydrogens is 184 g/mol. The molecule has 1 aliphatic heterocycles. The summed E-state index contributed by atoms with van der Waals surface area (Å²) < 4.78 is 0. The van der Waals surface area contributed by atoms with E-state index < -0.39 is 0 Å². The first kappa shape index (κ1) is 11.2. The van der Waals surface area contributed by atoms with Crippen LogP contribution in [0.3, 0.4) is 0 Å². The first-order chi connectivity index (χ1) is 7.22. The zero-order chi connectivity index (χ0) is 10.8. The molecule has 0 bridgehead atoms. The monoisotopic (exact) mass is 208 g/mol. The van der Waals surface area contributed by atoms with Crippen LogP contribution in [0.15, 0.2) is 12.7 Å². The highest BCUT2D eigenvalue weighted by Gasteiger charge is 2.37. The van der Waals surface area contributed by atoms with Crippen LogP contribution in [0.5, 0.6) is 0 Å². The van der Waals surface area contributed by atoms with E-state index in [1.165, 1.54) is 19.4 Å². The van der Waals surface area contributed by atoms with Gasteiger partial charge in [0.25, 0.3) is 0 Å². The molecule has 1 heterocycles. The number of piperazine rings is 1. The number of nitrogens with zero attached hydrogens (tertiary/aromatic N) is 1. The number of rotatable bonds is 4. The Kier molecular flexibility index (Phi) is 3.47. The maximum atomic E-state index is 3.87. The molecular formula is C13H24N2. The summed E-state index contributed by atoms with van der Waals surface area (Å²) in [5.41, 5.74) is 0. The average Bonchev–Trinajstić information content (AvgIpc) is 3.01. The summed E-state index contributed by atoms with van der Waals surface area (Å²) >= 11 is 0. The smallest absolute Gasteiger partial charge is 0.0247 e. The highest BCUT2D eigenvalue weighted by Crippen LogP contribution is 2.34. The van der Waals surface area contributed by atoms with Crippen molar-refractivity contribution in [3.63, 3.8) is 0 Å². The van der Waals surface area contributed by atoms with E-state index in [0.29, 0.717) is 6.04 Å². The van der Waals surface area contributed by atoms with Gasteiger partial charge in [0.15, 0.2) is 0 Å². The van der Waals surface area contributed by atoms with Gasteiger partial charge in [-0.15, -0.1) is 6.58 Å². The summed E-state index contributed by atoms with van der Waals surface area (Å²) in [5, 5.41) is 3.72. The average molecular weight is 208 g/mol. The van der Waals surface area contributed by atoms with E-state index >= 15 is 0 Å². The van der Waals surface area contributed by atoms with Crippen molar-refractivity contribution in [1.29, 1.82) is 0 Å². The third-order valence-corrected chi connectivity index (χ3v) is 3.81. The largest absolute Gasteiger partial charge is 0.311 e. The minimum Gasteiger partial charge on any atom is -0.311 e. The van der Waals surface area contributed by atoms with Crippen LogP contribution in [0.2, 0.25) is 0 Å². The second-order valence-corrected chi connectivity index (χ2v) is 5.41. The van der Waals surface area contributed by atoms with E-state index in [-0.39, 0.29) is 0 Å². The first-order valence-electron chi connectivity index (χ1n) is 6.30. The Labute approximate surface area is 93.7 Å². The number of nitrogens with one attached hydrogen (secondary N) is 1. The van der Waals surface area contributed by atoms with Crippen molar-refractivity contribution in [3.8, 4) is 0 Å². The molecule has 2 rings (SSSR count). The summed E-state index contributed by atoms with van der Waals surface area (Å²) in [4.78, 5) is 2.61. The molecule has 2 aliphatic rings. The van der Waals surface area contributed by atoms with Gasteiger partial charge in [-0.1, -0.05) is 19.9 Å². The molecule has 15 heavy (non-hydrogen) atoms. The number of hydrogen-bond donors (Lipinski definition) is 1. The van der Waals surface area contributed by atoms with E-state index in [0.717, 1.165) is 31.0 Å². The lowest BCUT2D eigenvalue weighted by atomic mass is 9.97. The Balaban J connectivity index is 1.94. The fourth-order valence-electron chi connectivity index (χ4n) is 2.70. The van der Waals surface area contributed by atoms with Crippen LogP contribution in [0, 0.1) is 11.8 Å². The lowest BCUT2D eigenvalue weighted by Crippen LogP contribution is -2.58. The van der Waals surface area contributed by atoms with Crippen LogP contribution < -0.4 is 5.32 Å². The highest BCUT2D eigenvalue weighted by molar-refractivity contribution is 4.96. The Hall–Kier alpha value is -0.340. The molecule has 2 nitrogen and oxygen atoms in total.